The van der Waals surface area contributed by atoms with E-state index in [0.717, 1.165) is 25.7 Å². The van der Waals surface area contributed by atoms with Crippen molar-refractivity contribution < 1.29 is 9.59 Å². The third-order valence-electron chi connectivity index (χ3n) is 4.34. The summed E-state index contributed by atoms with van der Waals surface area (Å²) in [4.78, 5) is 24.1. The molecule has 0 saturated carbocycles. The van der Waals surface area contributed by atoms with Crippen LogP contribution in [0.2, 0.25) is 0 Å². The molecule has 1 aromatic carbocycles. The van der Waals surface area contributed by atoms with Crippen LogP contribution in [0.5, 0.6) is 0 Å². The van der Waals surface area contributed by atoms with Crippen LogP contribution >= 0.6 is 0 Å². The Morgan fingerprint density at radius 3 is 2.12 bits per heavy atom. The average molecular weight is 328 g/mol. The molecule has 4 heteroatoms. The van der Waals surface area contributed by atoms with Crippen LogP contribution in [-0.4, -0.2) is 24.9 Å². The fourth-order valence-electron chi connectivity index (χ4n) is 2.82. The molecule has 1 aliphatic carbocycles. The first-order valence-corrected chi connectivity index (χ1v) is 9.05. The van der Waals surface area contributed by atoms with Gasteiger partial charge in [-0.15, -0.1) is 0 Å². The van der Waals surface area contributed by atoms with Gasteiger partial charge in [-0.2, -0.15) is 0 Å². The van der Waals surface area contributed by atoms with Crippen LogP contribution in [0, 0.1) is 0 Å². The third kappa shape index (κ3) is 5.84. The Kier molecular flexibility index (Phi) is 7.53. The van der Waals surface area contributed by atoms with Gasteiger partial charge < -0.3 is 10.6 Å². The third-order valence-corrected chi connectivity index (χ3v) is 4.34. The molecular formula is C20H28N2O2. The molecule has 4 nitrogen and oxygen atoms in total. The van der Waals surface area contributed by atoms with E-state index >= 15 is 0 Å². The number of unbranched alkanes of at least 4 members (excludes halogenated alkanes) is 1. The molecular weight excluding hydrogens is 300 g/mol. The van der Waals surface area contributed by atoms with Gasteiger partial charge in [0.25, 0.3) is 11.8 Å². The van der Waals surface area contributed by atoms with Crippen molar-refractivity contribution >= 4 is 11.8 Å². The van der Waals surface area contributed by atoms with E-state index in [2.05, 4.69) is 23.6 Å². The number of allylic oxidation sites excluding steroid dienone is 1. The molecule has 2 rings (SSSR count). The molecule has 0 saturated heterocycles. The summed E-state index contributed by atoms with van der Waals surface area (Å²) >= 11 is 0. The van der Waals surface area contributed by atoms with E-state index in [-0.39, 0.29) is 11.8 Å². The van der Waals surface area contributed by atoms with Gasteiger partial charge in [0.1, 0.15) is 0 Å². The van der Waals surface area contributed by atoms with E-state index in [4.69, 9.17) is 0 Å². The standard InChI is InChI=1S/C20H28N2O2/c1-2-3-14-21-19(23)17-9-11-18(12-10-17)20(24)22-15-13-16-7-5-4-6-8-16/h7,9-12H,2-6,8,13-15H2,1H3,(H,21,23)(H,22,24). The van der Waals surface area contributed by atoms with Crippen molar-refractivity contribution in [2.45, 2.75) is 51.9 Å². The van der Waals surface area contributed by atoms with Crippen LogP contribution in [0.1, 0.15) is 72.6 Å². The van der Waals surface area contributed by atoms with Gasteiger partial charge in [0, 0.05) is 24.2 Å². The predicted molar refractivity (Wildman–Crippen MR) is 97.2 cm³/mol. The Morgan fingerprint density at radius 1 is 0.958 bits per heavy atom. The van der Waals surface area contributed by atoms with Crippen molar-refractivity contribution in [1.29, 1.82) is 0 Å². The number of rotatable bonds is 8. The second-order valence-corrected chi connectivity index (χ2v) is 6.30. The zero-order valence-electron chi connectivity index (χ0n) is 14.6. The van der Waals surface area contributed by atoms with Gasteiger partial charge in [0.05, 0.1) is 0 Å². The minimum Gasteiger partial charge on any atom is -0.352 e. The van der Waals surface area contributed by atoms with Crippen molar-refractivity contribution in [3.05, 3.63) is 47.0 Å². The van der Waals surface area contributed by atoms with Crippen molar-refractivity contribution in [3.63, 3.8) is 0 Å². The maximum Gasteiger partial charge on any atom is 0.251 e. The first-order valence-electron chi connectivity index (χ1n) is 9.05. The monoisotopic (exact) mass is 328 g/mol. The van der Waals surface area contributed by atoms with E-state index in [1.807, 2.05) is 0 Å². The quantitative estimate of drug-likeness (QED) is 0.563. The zero-order valence-corrected chi connectivity index (χ0v) is 14.6. The first kappa shape index (κ1) is 18.2. The number of amides is 2. The highest BCUT2D eigenvalue weighted by molar-refractivity contribution is 5.97. The molecule has 130 valence electrons. The average Bonchev–Trinajstić information content (AvgIpc) is 2.63. The van der Waals surface area contributed by atoms with Crippen molar-refractivity contribution in [2.75, 3.05) is 13.1 Å². The number of benzene rings is 1. The van der Waals surface area contributed by atoms with E-state index in [0.29, 0.717) is 24.2 Å². The largest absolute Gasteiger partial charge is 0.352 e. The van der Waals surface area contributed by atoms with Gasteiger partial charge in [0.15, 0.2) is 0 Å². The maximum absolute atomic E-state index is 12.1. The van der Waals surface area contributed by atoms with Crippen molar-refractivity contribution in [3.8, 4) is 0 Å². The van der Waals surface area contributed by atoms with Crippen LogP contribution in [0.25, 0.3) is 0 Å². The summed E-state index contributed by atoms with van der Waals surface area (Å²) in [5, 5.41) is 5.83. The minimum absolute atomic E-state index is 0.0793. The summed E-state index contributed by atoms with van der Waals surface area (Å²) in [5.41, 5.74) is 2.65. The maximum atomic E-state index is 12.1. The highest BCUT2D eigenvalue weighted by atomic mass is 16.2. The summed E-state index contributed by atoms with van der Waals surface area (Å²) in [6.07, 6.45) is 10.2. The number of hydrogen-bond acceptors (Lipinski definition) is 2. The second kappa shape index (κ2) is 9.91. The Bertz CT molecular complexity index is 576. The SMILES string of the molecule is CCCCNC(=O)c1ccc(C(=O)NCCC2=CCCCC2)cc1. The molecule has 0 fully saturated rings. The van der Waals surface area contributed by atoms with E-state index in [1.54, 1.807) is 24.3 Å². The summed E-state index contributed by atoms with van der Waals surface area (Å²) < 4.78 is 0. The fraction of sp³-hybridized carbons (Fsp3) is 0.500. The Balaban J connectivity index is 1.78. The lowest BCUT2D eigenvalue weighted by Crippen LogP contribution is -2.26. The van der Waals surface area contributed by atoms with Crippen LogP contribution in [-0.2, 0) is 0 Å². The van der Waals surface area contributed by atoms with Gasteiger partial charge in [-0.1, -0.05) is 25.0 Å². The van der Waals surface area contributed by atoms with E-state index in [9.17, 15) is 9.59 Å². The summed E-state index contributed by atoms with van der Waals surface area (Å²) in [5.74, 6) is -0.163. The van der Waals surface area contributed by atoms with E-state index < -0.39 is 0 Å². The highest BCUT2D eigenvalue weighted by Crippen LogP contribution is 2.19. The molecule has 0 unspecified atom stereocenters. The van der Waals surface area contributed by atoms with Gasteiger partial charge >= 0.3 is 0 Å². The van der Waals surface area contributed by atoms with Crippen LogP contribution < -0.4 is 10.6 Å². The van der Waals surface area contributed by atoms with Gasteiger partial charge in [-0.3, -0.25) is 9.59 Å². The lowest BCUT2D eigenvalue weighted by atomic mass is 9.97. The van der Waals surface area contributed by atoms with Gasteiger partial charge in [0.2, 0.25) is 0 Å². The zero-order chi connectivity index (χ0) is 17.2. The predicted octanol–water partition coefficient (Wildman–Crippen LogP) is 3.84. The Labute approximate surface area is 144 Å². The van der Waals surface area contributed by atoms with Crippen LogP contribution in [0.3, 0.4) is 0 Å². The molecule has 1 aliphatic rings. The number of carbonyl (C=O) groups is 2. The molecule has 0 radical (unpaired) electrons. The van der Waals surface area contributed by atoms with Crippen LogP contribution in [0.15, 0.2) is 35.9 Å². The molecule has 0 aliphatic heterocycles. The first-order chi connectivity index (χ1) is 11.7. The molecule has 0 aromatic heterocycles. The smallest absolute Gasteiger partial charge is 0.251 e. The Hall–Kier alpha value is -2.10. The van der Waals surface area contributed by atoms with Gasteiger partial charge in [-0.05, 0) is 62.8 Å². The molecule has 0 heterocycles. The highest BCUT2D eigenvalue weighted by Gasteiger charge is 2.09. The fourth-order valence-corrected chi connectivity index (χ4v) is 2.82. The number of carbonyl (C=O) groups excluding carboxylic acids is 2. The lowest BCUT2D eigenvalue weighted by molar-refractivity contribution is 0.0941. The summed E-state index contributed by atoms with van der Waals surface area (Å²) in [6, 6.07) is 6.84. The summed E-state index contributed by atoms with van der Waals surface area (Å²) in [6.45, 7) is 3.45. The Morgan fingerprint density at radius 2 is 1.58 bits per heavy atom. The van der Waals surface area contributed by atoms with Crippen molar-refractivity contribution in [2.24, 2.45) is 0 Å². The van der Waals surface area contributed by atoms with Crippen LogP contribution in [0.4, 0.5) is 0 Å². The topological polar surface area (TPSA) is 58.2 Å². The molecule has 0 atom stereocenters. The molecule has 1 aromatic rings. The van der Waals surface area contributed by atoms with Gasteiger partial charge in [-0.25, -0.2) is 0 Å². The van der Waals surface area contributed by atoms with E-state index in [1.165, 1.54) is 24.8 Å². The lowest BCUT2D eigenvalue weighted by Gasteiger charge is -2.13. The molecule has 2 N–H and O–H groups in total. The minimum atomic E-state index is -0.0837. The summed E-state index contributed by atoms with van der Waals surface area (Å²) in [7, 11) is 0. The molecule has 0 spiro atoms. The molecule has 24 heavy (non-hydrogen) atoms. The molecule has 2 amide bonds. The van der Waals surface area contributed by atoms with Crippen molar-refractivity contribution in [1.82, 2.24) is 10.6 Å². The second-order valence-electron chi connectivity index (χ2n) is 6.30. The molecule has 0 bridgehead atoms. The number of nitrogens with one attached hydrogen (secondary N) is 2. The number of hydrogen-bond donors (Lipinski definition) is 2. The normalized spacial score (nSPS) is 14.0.